The third-order valence-corrected chi connectivity index (χ3v) is 5.16. The molecule has 160 valence electrons. The number of hydrogen-bond acceptors (Lipinski definition) is 5. The molecule has 2 heterocycles. The summed E-state index contributed by atoms with van der Waals surface area (Å²) < 4.78 is 10.6. The Morgan fingerprint density at radius 3 is 2.55 bits per heavy atom. The highest BCUT2D eigenvalue weighted by Gasteiger charge is 2.42. The maximum absolute atomic E-state index is 12.8. The average molecular weight is 421 g/mol. The standard InChI is InChI=1S/C23H23N3O5/c1-3-30-17-10-8-16(9-11-17)24-19(27)12-26-18-13-31-22(28)20(18)21(25-23(26)29)15-6-4-14(2)5-7-15/h4-11,21H,3,12-13H2,1-2H3,(H,24,27)(H,25,29)/t21-/m1/s1. The molecule has 4 rings (SSSR count). The molecule has 0 aliphatic carbocycles. The highest BCUT2D eigenvalue weighted by molar-refractivity contribution is 6.00. The fourth-order valence-electron chi connectivity index (χ4n) is 3.63. The number of urea groups is 1. The number of benzene rings is 2. The van der Waals surface area contributed by atoms with Crippen molar-refractivity contribution in [1.29, 1.82) is 0 Å². The van der Waals surface area contributed by atoms with Crippen molar-refractivity contribution in [3.8, 4) is 5.75 Å². The largest absolute Gasteiger partial charge is 0.494 e. The van der Waals surface area contributed by atoms with Gasteiger partial charge >= 0.3 is 12.0 Å². The van der Waals surface area contributed by atoms with Gasteiger partial charge in [-0.3, -0.25) is 9.69 Å². The quantitative estimate of drug-likeness (QED) is 0.699. The van der Waals surface area contributed by atoms with Crippen LogP contribution in [0.4, 0.5) is 10.5 Å². The zero-order valence-corrected chi connectivity index (χ0v) is 17.3. The lowest BCUT2D eigenvalue weighted by Crippen LogP contribution is -2.49. The molecule has 0 saturated heterocycles. The van der Waals surface area contributed by atoms with Crippen molar-refractivity contribution in [3.63, 3.8) is 0 Å². The van der Waals surface area contributed by atoms with E-state index in [0.717, 1.165) is 11.1 Å². The number of nitrogens with one attached hydrogen (secondary N) is 2. The molecule has 0 bridgehead atoms. The number of amides is 3. The normalized spacial score (nSPS) is 17.7. The lowest BCUT2D eigenvalue weighted by Gasteiger charge is -2.32. The highest BCUT2D eigenvalue weighted by atomic mass is 16.5. The van der Waals surface area contributed by atoms with Gasteiger partial charge in [-0.25, -0.2) is 9.59 Å². The molecule has 3 amide bonds. The second kappa shape index (κ2) is 8.51. The van der Waals surface area contributed by atoms with Crippen LogP contribution in [0.2, 0.25) is 0 Å². The molecular weight excluding hydrogens is 398 g/mol. The summed E-state index contributed by atoms with van der Waals surface area (Å²) in [6, 6.07) is 13.4. The van der Waals surface area contributed by atoms with Crippen molar-refractivity contribution in [2.24, 2.45) is 0 Å². The zero-order chi connectivity index (χ0) is 22.0. The Morgan fingerprint density at radius 2 is 1.87 bits per heavy atom. The third kappa shape index (κ3) is 4.23. The van der Waals surface area contributed by atoms with Crippen molar-refractivity contribution in [1.82, 2.24) is 10.2 Å². The van der Waals surface area contributed by atoms with E-state index in [9.17, 15) is 14.4 Å². The molecule has 0 saturated carbocycles. The van der Waals surface area contributed by atoms with E-state index in [1.54, 1.807) is 24.3 Å². The van der Waals surface area contributed by atoms with Gasteiger partial charge in [-0.2, -0.15) is 0 Å². The van der Waals surface area contributed by atoms with Gasteiger partial charge in [-0.15, -0.1) is 0 Å². The molecule has 2 aromatic rings. The summed E-state index contributed by atoms with van der Waals surface area (Å²) in [5.74, 6) is -0.175. The average Bonchev–Trinajstić information content (AvgIpc) is 3.14. The number of ether oxygens (including phenoxy) is 2. The Kier molecular flexibility index (Phi) is 5.62. The van der Waals surface area contributed by atoms with Crippen molar-refractivity contribution in [3.05, 3.63) is 70.9 Å². The van der Waals surface area contributed by atoms with Gasteiger partial charge in [0.05, 0.1) is 23.9 Å². The van der Waals surface area contributed by atoms with Crippen molar-refractivity contribution in [2.45, 2.75) is 19.9 Å². The van der Waals surface area contributed by atoms with Crippen LogP contribution in [0.5, 0.6) is 5.75 Å². The highest BCUT2D eigenvalue weighted by Crippen LogP contribution is 2.35. The zero-order valence-electron chi connectivity index (χ0n) is 17.3. The number of esters is 1. The number of hydrogen-bond donors (Lipinski definition) is 2. The number of carbonyl (C=O) groups is 3. The van der Waals surface area contributed by atoms with E-state index in [1.807, 2.05) is 38.1 Å². The van der Waals surface area contributed by atoms with E-state index < -0.39 is 18.0 Å². The summed E-state index contributed by atoms with van der Waals surface area (Å²) in [7, 11) is 0. The van der Waals surface area contributed by atoms with Crippen LogP contribution < -0.4 is 15.4 Å². The van der Waals surface area contributed by atoms with Gasteiger partial charge in [0.15, 0.2) is 0 Å². The molecule has 1 atom stereocenters. The Bertz CT molecular complexity index is 1040. The van der Waals surface area contributed by atoms with Crippen LogP contribution in [0, 0.1) is 6.92 Å². The molecule has 8 heteroatoms. The number of rotatable bonds is 6. The SMILES string of the molecule is CCOc1ccc(NC(=O)CN2C(=O)N[C@H](c3ccc(C)cc3)C3=C2COC3=O)cc1. The fraction of sp³-hybridized carbons (Fsp3) is 0.261. The minimum Gasteiger partial charge on any atom is -0.494 e. The maximum atomic E-state index is 12.8. The van der Waals surface area contributed by atoms with Crippen molar-refractivity contribution in [2.75, 3.05) is 25.1 Å². The Hall–Kier alpha value is -3.81. The van der Waals surface area contributed by atoms with E-state index in [4.69, 9.17) is 9.47 Å². The molecule has 2 aliphatic heterocycles. The fourth-order valence-corrected chi connectivity index (χ4v) is 3.63. The lowest BCUT2D eigenvalue weighted by molar-refractivity contribution is -0.136. The van der Waals surface area contributed by atoms with Gasteiger partial charge < -0.3 is 20.1 Å². The predicted octanol–water partition coefficient (Wildman–Crippen LogP) is 2.91. The van der Waals surface area contributed by atoms with E-state index in [1.165, 1.54) is 4.90 Å². The molecule has 0 aromatic heterocycles. The van der Waals surface area contributed by atoms with Crippen LogP contribution in [0.15, 0.2) is 59.8 Å². The smallest absolute Gasteiger partial charge is 0.338 e. The number of aryl methyl sites for hydroxylation is 1. The first-order valence-corrected chi connectivity index (χ1v) is 10.0. The summed E-state index contributed by atoms with van der Waals surface area (Å²) in [6.07, 6.45) is 0. The Labute approximate surface area is 179 Å². The monoisotopic (exact) mass is 421 g/mol. The van der Waals surface area contributed by atoms with Gasteiger partial charge in [0.2, 0.25) is 5.91 Å². The Morgan fingerprint density at radius 1 is 1.16 bits per heavy atom. The molecule has 0 unspecified atom stereocenters. The molecule has 0 fully saturated rings. The molecule has 0 radical (unpaired) electrons. The first-order valence-electron chi connectivity index (χ1n) is 10.0. The summed E-state index contributed by atoms with van der Waals surface area (Å²) in [5.41, 5.74) is 3.21. The predicted molar refractivity (Wildman–Crippen MR) is 113 cm³/mol. The molecule has 2 aliphatic rings. The molecule has 31 heavy (non-hydrogen) atoms. The van der Waals surface area contributed by atoms with Crippen molar-refractivity contribution < 1.29 is 23.9 Å². The van der Waals surface area contributed by atoms with Crippen LogP contribution in [0.25, 0.3) is 0 Å². The van der Waals surface area contributed by atoms with Crippen LogP contribution in [-0.4, -0.2) is 42.6 Å². The first kappa shape index (κ1) is 20.5. The summed E-state index contributed by atoms with van der Waals surface area (Å²) in [6.45, 7) is 4.12. The molecule has 0 spiro atoms. The van der Waals surface area contributed by atoms with Gasteiger partial charge in [0, 0.05) is 5.69 Å². The van der Waals surface area contributed by atoms with E-state index in [2.05, 4.69) is 10.6 Å². The van der Waals surface area contributed by atoms with E-state index in [-0.39, 0.29) is 19.1 Å². The van der Waals surface area contributed by atoms with Gasteiger partial charge in [0.1, 0.15) is 18.9 Å². The topological polar surface area (TPSA) is 97.0 Å². The number of anilines is 1. The molecule has 8 nitrogen and oxygen atoms in total. The number of nitrogens with zero attached hydrogens (tertiary/aromatic N) is 1. The van der Waals surface area contributed by atoms with Crippen LogP contribution >= 0.6 is 0 Å². The lowest BCUT2D eigenvalue weighted by atomic mass is 9.95. The second-order valence-electron chi connectivity index (χ2n) is 7.32. The Balaban J connectivity index is 1.52. The molecule has 2 N–H and O–H groups in total. The minimum absolute atomic E-state index is 0.0414. The van der Waals surface area contributed by atoms with Gasteiger partial charge in [-0.1, -0.05) is 29.8 Å². The van der Waals surface area contributed by atoms with E-state index in [0.29, 0.717) is 29.3 Å². The second-order valence-corrected chi connectivity index (χ2v) is 7.32. The van der Waals surface area contributed by atoms with Gasteiger partial charge in [-0.05, 0) is 43.7 Å². The molecule has 2 aromatic carbocycles. The summed E-state index contributed by atoms with van der Waals surface area (Å²) in [5, 5.41) is 5.58. The number of cyclic esters (lactones) is 1. The van der Waals surface area contributed by atoms with E-state index >= 15 is 0 Å². The van der Waals surface area contributed by atoms with Crippen LogP contribution in [0.3, 0.4) is 0 Å². The van der Waals surface area contributed by atoms with Crippen molar-refractivity contribution >= 4 is 23.6 Å². The maximum Gasteiger partial charge on any atom is 0.338 e. The minimum atomic E-state index is -0.608. The van der Waals surface area contributed by atoms with Crippen LogP contribution in [0.1, 0.15) is 24.1 Å². The van der Waals surface area contributed by atoms with Gasteiger partial charge in [0.25, 0.3) is 0 Å². The third-order valence-electron chi connectivity index (χ3n) is 5.16. The van der Waals surface area contributed by atoms with Crippen LogP contribution in [-0.2, 0) is 14.3 Å². The first-order chi connectivity index (χ1) is 15.0. The summed E-state index contributed by atoms with van der Waals surface area (Å²) in [4.78, 5) is 39.1. The summed E-state index contributed by atoms with van der Waals surface area (Å²) >= 11 is 0. The number of carbonyl (C=O) groups excluding carboxylic acids is 3. The molecular formula is C23H23N3O5.